The molecule has 13 nitrogen and oxygen atoms in total. The smallest absolute Gasteiger partial charge is 0.408 e. The molecule has 49 heavy (non-hydrogen) atoms. The summed E-state index contributed by atoms with van der Waals surface area (Å²) in [6.45, 7) is 10.3. The van der Waals surface area contributed by atoms with Crippen LogP contribution in [0.5, 0.6) is 5.75 Å². The van der Waals surface area contributed by atoms with Crippen LogP contribution in [-0.4, -0.2) is 83.5 Å². The first-order chi connectivity index (χ1) is 23.0. The number of aliphatic hydroxyl groups is 1. The number of aromatic hydroxyl groups is 1. The van der Waals surface area contributed by atoms with Gasteiger partial charge in [0.25, 0.3) is 0 Å². The van der Waals surface area contributed by atoms with E-state index in [4.69, 9.17) is 9.47 Å². The highest BCUT2D eigenvalue weighted by molar-refractivity contribution is 5.91. The lowest BCUT2D eigenvalue weighted by Gasteiger charge is -2.25. The van der Waals surface area contributed by atoms with Crippen molar-refractivity contribution in [2.75, 3.05) is 13.7 Å². The molecule has 2 aromatic rings. The van der Waals surface area contributed by atoms with Gasteiger partial charge in [-0.2, -0.15) is 0 Å². The van der Waals surface area contributed by atoms with Crippen molar-refractivity contribution in [3.8, 4) is 5.75 Å². The van der Waals surface area contributed by atoms with E-state index in [0.717, 1.165) is 5.56 Å². The van der Waals surface area contributed by atoms with E-state index >= 15 is 0 Å². The maximum Gasteiger partial charge on any atom is 0.408 e. The Labute approximate surface area is 288 Å². The number of carbonyl (C=O) groups excluding carboxylic acids is 5. The highest BCUT2D eigenvalue weighted by Crippen LogP contribution is 2.14. The average Bonchev–Trinajstić information content (AvgIpc) is 3.02. The number of hydrogen-bond acceptors (Lipinski definition) is 9. The molecule has 0 radical (unpaired) electrons. The molecule has 0 bridgehead atoms. The van der Waals surface area contributed by atoms with Gasteiger partial charge in [0.15, 0.2) is 0 Å². The van der Waals surface area contributed by atoms with Crippen molar-refractivity contribution >= 4 is 29.8 Å². The van der Waals surface area contributed by atoms with Gasteiger partial charge in [-0.15, -0.1) is 0 Å². The lowest BCUT2D eigenvalue weighted by atomic mass is 9.99. The van der Waals surface area contributed by atoms with Crippen molar-refractivity contribution in [1.82, 2.24) is 21.3 Å². The number of rotatable bonds is 17. The van der Waals surface area contributed by atoms with Crippen molar-refractivity contribution in [3.05, 3.63) is 65.7 Å². The molecule has 0 aliphatic rings. The SMILES string of the molecule is COC(=O)[C@H](CC(C)C)NC(=O)[C@H](Cc1ccccc1)NC(=O)[C@H](C)C[C@@H](O)CNC(=O)[C@H](Cc1ccc(O)cc1)NC(=O)OC(C)(C)C. The normalized spacial score (nSPS) is 14.4. The molecule has 0 aromatic heterocycles. The minimum Gasteiger partial charge on any atom is -0.508 e. The topological polar surface area (TPSA) is 192 Å². The van der Waals surface area contributed by atoms with Crippen LogP contribution in [0.1, 0.15) is 65.5 Å². The third-order valence-electron chi connectivity index (χ3n) is 7.39. The Hall–Kier alpha value is -4.65. The predicted octanol–water partition coefficient (Wildman–Crippen LogP) is 2.76. The molecule has 2 aromatic carbocycles. The van der Waals surface area contributed by atoms with E-state index in [0.29, 0.717) is 12.0 Å². The Morgan fingerprint density at radius 3 is 1.84 bits per heavy atom. The number of amides is 4. The second-order valence-corrected chi connectivity index (χ2v) is 13.6. The van der Waals surface area contributed by atoms with Gasteiger partial charge in [0.05, 0.1) is 13.2 Å². The molecule has 0 aliphatic heterocycles. The van der Waals surface area contributed by atoms with Gasteiger partial charge in [0, 0.05) is 25.3 Å². The van der Waals surface area contributed by atoms with Gasteiger partial charge in [-0.1, -0.05) is 63.2 Å². The van der Waals surface area contributed by atoms with Gasteiger partial charge in [0.2, 0.25) is 17.7 Å². The molecule has 270 valence electrons. The van der Waals surface area contributed by atoms with Gasteiger partial charge in [-0.3, -0.25) is 14.4 Å². The summed E-state index contributed by atoms with van der Waals surface area (Å²) < 4.78 is 10.2. The third kappa shape index (κ3) is 15.4. The number of phenols is 1. The van der Waals surface area contributed by atoms with Crippen LogP contribution in [0.2, 0.25) is 0 Å². The number of phenolic OH excluding ortho intramolecular Hbond substituents is 1. The Morgan fingerprint density at radius 2 is 1.29 bits per heavy atom. The van der Waals surface area contributed by atoms with E-state index in [-0.39, 0.29) is 37.5 Å². The fourth-order valence-corrected chi connectivity index (χ4v) is 4.94. The van der Waals surface area contributed by atoms with Crippen molar-refractivity contribution < 1.29 is 43.7 Å². The Morgan fingerprint density at radius 1 is 0.735 bits per heavy atom. The number of carbonyl (C=O) groups is 5. The highest BCUT2D eigenvalue weighted by Gasteiger charge is 2.30. The molecule has 0 unspecified atom stereocenters. The quantitative estimate of drug-likeness (QED) is 0.136. The van der Waals surface area contributed by atoms with Crippen LogP contribution >= 0.6 is 0 Å². The zero-order valence-electron chi connectivity index (χ0n) is 29.4. The van der Waals surface area contributed by atoms with Crippen LogP contribution in [0.15, 0.2) is 54.6 Å². The average molecular weight is 685 g/mol. The van der Waals surface area contributed by atoms with E-state index < -0.39 is 65.5 Å². The molecule has 0 saturated heterocycles. The van der Waals surface area contributed by atoms with Gasteiger partial charge in [-0.05, 0) is 62.8 Å². The van der Waals surface area contributed by atoms with E-state index in [1.54, 1.807) is 39.8 Å². The van der Waals surface area contributed by atoms with Crippen molar-refractivity contribution in [2.24, 2.45) is 11.8 Å². The second-order valence-electron chi connectivity index (χ2n) is 13.6. The molecule has 6 N–H and O–H groups in total. The van der Waals surface area contributed by atoms with Gasteiger partial charge >= 0.3 is 12.1 Å². The van der Waals surface area contributed by atoms with E-state index in [2.05, 4.69) is 21.3 Å². The van der Waals surface area contributed by atoms with Crippen LogP contribution in [0, 0.1) is 11.8 Å². The number of hydrogen-bond donors (Lipinski definition) is 6. The maximum atomic E-state index is 13.4. The van der Waals surface area contributed by atoms with Crippen LogP contribution in [0.4, 0.5) is 4.79 Å². The molecule has 0 saturated carbocycles. The summed E-state index contributed by atoms with van der Waals surface area (Å²) in [7, 11) is 1.24. The summed E-state index contributed by atoms with van der Waals surface area (Å²) in [5.74, 6) is -2.85. The Kier molecular flexibility index (Phi) is 16.0. The lowest BCUT2D eigenvalue weighted by molar-refractivity contribution is -0.145. The number of methoxy groups -OCH3 is 1. The molecule has 0 heterocycles. The van der Waals surface area contributed by atoms with Gasteiger partial charge in [0.1, 0.15) is 29.5 Å². The molecule has 4 amide bonds. The minimum atomic E-state index is -1.14. The first kappa shape index (κ1) is 40.5. The standard InChI is InChI=1S/C36H52N4O9/c1-22(2)17-30(34(46)48-7)39-33(45)29(19-24-11-9-8-10-12-24)38-31(43)23(3)18-27(42)21-37-32(44)28(40-35(47)49-36(4,5)6)20-25-13-15-26(41)16-14-25/h8-16,22-23,27-30,41-42H,17-21H2,1-7H3,(H,37,44)(H,38,43)(H,39,45)(H,40,47)/t23-,27-,28+,29+,30+/m1/s1. The van der Waals surface area contributed by atoms with E-state index in [1.165, 1.54) is 19.2 Å². The summed E-state index contributed by atoms with van der Waals surface area (Å²) in [6.07, 6.45) is -1.40. The van der Waals surface area contributed by atoms with E-state index in [1.807, 2.05) is 44.2 Å². The fraction of sp³-hybridized carbons (Fsp3) is 0.528. The van der Waals surface area contributed by atoms with Gasteiger partial charge < -0.3 is 41.0 Å². The van der Waals surface area contributed by atoms with Crippen LogP contribution < -0.4 is 21.3 Å². The zero-order valence-corrected chi connectivity index (χ0v) is 29.4. The Balaban J connectivity index is 2.07. The van der Waals surface area contributed by atoms with Crippen molar-refractivity contribution in [3.63, 3.8) is 0 Å². The monoisotopic (exact) mass is 684 g/mol. The molecule has 0 fully saturated rings. The fourth-order valence-electron chi connectivity index (χ4n) is 4.94. The molecule has 5 atom stereocenters. The first-order valence-electron chi connectivity index (χ1n) is 16.4. The number of aliphatic hydroxyl groups excluding tert-OH is 1. The number of ether oxygens (including phenoxy) is 2. The Bertz CT molecular complexity index is 1380. The van der Waals surface area contributed by atoms with Crippen LogP contribution in [0.25, 0.3) is 0 Å². The summed E-state index contributed by atoms with van der Waals surface area (Å²) in [4.78, 5) is 64.7. The third-order valence-corrected chi connectivity index (χ3v) is 7.39. The second kappa shape index (κ2) is 19.4. The minimum absolute atomic E-state index is 0.0496. The molecular formula is C36H52N4O9. The molecule has 0 aliphatic carbocycles. The largest absolute Gasteiger partial charge is 0.508 e. The molecule has 13 heteroatoms. The summed E-state index contributed by atoms with van der Waals surface area (Å²) >= 11 is 0. The van der Waals surface area contributed by atoms with Crippen LogP contribution in [-0.2, 0) is 41.5 Å². The lowest BCUT2D eigenvalue weighted by Crippen LogP contribution is -2.54. The van der Waals surface area contributed by atoms with Crippen molar-refractivity contribution in [1.29, 1.82) is 0 Å². The zero-order chi connectivity index (χ0) is 36.7. The van der Waals surface area contributed by atoms with E-state index in [9.17, 15) is 34.2 Å². The molecule has 2 rings (SSSR count). The predicted molar refractivity (Wildman–Crippen MR) is 183 cm³/mol. The number of benzene rings is 2. The number of esters is 1. The summed E-state index contributed by atoms with van der Waals surface area (Å²) in [5.41, 5.74) is 0.656. The first-order valence-corrected chi connectivity index (χ1v) is 16.4. The summed E-state index contributed by atoms with van der Waals surface area (Å²) in [6, 6.07) is 12.3. The number of nitrogens with one attached hydrogen (secondary N) is 4. The molecular weight excluding hydrogens is 632 g/mol. The molecule has 0 spiro atoms. The maximum absolute atomic E-state index is 13.4. The number of alkyl carbamates (subject to hydrolysis) is 1. The highest BCUT2D eigenvalue weighted by atomic mass is 16.6. The van der Waals surface area contributed by atoms with Crippen molar-refractivity contribution in [2.45, 2.75) is 97.1 Å². The summed E-state index contributed by atoms with van der Waals surface area (Å²) in [5, 5.41) is 31.0. The van der Waals surface area contributed by atoms with Crippen LogP contribution in [0.3, 0.4) is 0 Å². The van der Waals surface area contributed by atoms with Gasteiger partial charge in [-0.25, -0.2) is 9.59 Å².